The summed E-state index contributed by atoms with van der Waals surface area (Å²) in [6, 6.07) is 14.7. The number of aliphatic imine (C=N–C) groups is 1. The number of fused-ring (bicyclic) bond motifs is 1. The SMILES string of the molecule is CCOc1cc(/C=C2\C(=N)N3N=C(C(C)C)SC3=NC2=O)ccc1OCc1ccccc1C#N. The quantitative estimate of drug-likeness (QED) is 0.578. The minimum absolute atomic E-state index is 0.00968. The number of hydrazone groups is 1. The lowest BCUT2D eigenvalue weighted by Gasteiger charge is -2.20. The van der Waals surface area contributed by atoms with Crippen LogP contribution < -0.4 is 9.47 Å². The van der Waals surface area contributed by atoms with Crippen LogP contribution in [0.1, 0.15) is 37.5 Å². The number of rotatable bonds is 7. The van der Waals surface area contributed by atoms with Gasteiger partial charge in [-0.2, -0.15) is 20.4 Å². The highest BCUT2D eigenvalue weighted by atomic mass is 32.2. The molecule has 2 heterocycles. The van der Waals surface area contributed by atoms with Gasteiger partial charge in [0.2, 0.25) is 5.17 Å². The maximum atomic E-state index is 12.7. The molecule has 8 nitrogen and oxygen atoms in total. The van der Waals surface area contributed by atoms with Crippen LogP contribution in [0.4, 0.5) is 0 Å². The zero-order chi connectivity index (χ0) is 24.2. The maximum Gasteiger partial charge on any atom is 0.283 e. The maximum absolute atomic E-state index is 12.7. The Balaban J connectivity index is 1.59. The van der Waals surface area contributed by atoms with Gasteiger partial charge in [0.25, 0.3) is 5.91 Å². The molecule has 1 amide bonds. The van der Waals surface area contributed by atoms with Gasteiger partial charge < -0.3 is 9.47 Å². The van der Waals surface area contributed by atoms with Gasteiger partial charge in [-0.25, -0.2) is 0 Å². The number of thioether (sulfide) groups is 1. The van der Waals surface area contributed by atoms with Gasteiger partial charge in [-0.05, 0) is 48.5 Å². The van der Waals surface area contributed by atoms with Crippen LogP contribution in [-0.4, -0.2) is 33.6 Å². The molecule has 0 saturated heterocycles. The van der Waals surface area contributed by atoms with E-state index in [0.29, 0.717) is 34.4 Å². The monoisotopic (exact) mass is 473 g/mol. The summed E-state index contributed by atoms with van der Waals surface area (Å²) in [6.45, 7) is 6.51. The Labute approximate surface area is 202 Å². The van der Waals surface area contributed by atoms with Crippen molar-refractivity contribution in [2.75, 3.05) is 6.61 Å². The smallest absolute Gasteiger partial charge is 0.283 e. The summed E-state index contributed by atoms with van der Waals surface area (Å²) in [5, 5.41) is 24.9. The third kappa shape index (κ3) is 4.72. The Morgan fingerprint density at radius 3 is 2.74 bits per heavy atom. The molecule has 172 valence electrons. The van der Waals surface area contributed by atoms with E-state index in [1.54, 1.807) is 30.3 Å². The fourth-order valence-corrected chi connectivity index (χ4v) is 4.21. The van der Waals surface area contributed by atoms with Crippen molar-refractivity contribution in [2.24, 2.45) is 16.0 Å². The normalized spacial score (nSPS) is 16.3. The Bertz CT molecular complexity index is 1290. The second-order valence-electron chi connectivity index (χ2n) is 7.81. The molecule has 0 unspecified atom stereocenters. The summed E-state index contributed by atoms with van der Waals surface area (Å²) < 4.78 is 11.7. The lowest BCUT2D eigenvalue weighted by atomic mass is 10.1. The molecule has 0 aromatic heterocycles. The number of hydrogen-bond donors (Lipinski definition) is 1. The zero-order valence-electron chi connectivity index (χ0n) is 19.0. The van der Waals surface area contributed by atoms with Crippen molar-refractivity contribution in [1.29, 1.82) is 10.7 Å². The number of carbonyl (C=O) groups excluding carboxylic acids is 1. The van der Waals surface area contributed by atoms with Crippen LogP contribution in [0.2, 0.25) is 0 Å². The molecular formula is C25H23N5O3S. The predicted molar refractivity (Wildman–Crippen MR) is 133 cm³/mol. The van der Waals surface area contributed by atoms with Gasteiger partial charge >= 0.3 is 0 Å². The Morgan fingerprint density at radius 2 is 2.00 bits per heavy atom. The van der Waals surface area contributed by atoms with Gasteiger partial charge in [-0.1, -0.05) is 38.1 Å². The summed E-state index contributed by atoms with van der Waals surface area (Å²) in [7, 11) is 0. The molecule has 2 aliphatic heterocycles. The van der Waals surface area contributed by atoms with Gasteiger partial charge in [0.15, 0.2) is 17.3 Å². The topological polar surface area (TPSA) is 111 Å². The molecule has 1 N–H and O–H groups in total. The van der Waals surface area contributed by atoms with Crippen LogP contribution in [-0.2, 0) is 11.4 Å². The van der Waals surface area contributed by atoms with E-state index < -0.39 is 5.91 Å². The third-order valence-corrected chi connectivity index (χ3v) is 6.27. The summed E-state index contributed by atoms with van der Waals surface area (Å²) in [6.07, 6.45) is 1.61. The van der Waals surface area contributed by atoms with E-state index in [-0.39, 0.29) is 23.9 Å². The number of nitrogens with zero attached hydrogens (tertiary/aromatic N) is 4. The second kappa shape index (κ2) is 9.93. The largest absolute Gasteiger partial charge is 0.490 e. The summed E-state index contributed by atoms with van der Waals surface area (Å²) in [5.74, 6) is 0.710. The fraction of sp³-hybridized carbons (Fsp3) is 0.240. The molecule has 9 heteroatoms. The minimum Gasteiger partial charge on any atom is -0.490 e. The van der Waals surface area contributed by atoms with Gasteiger partial charge in [0.1, 0.15) is 11.7 Å². The van der Waals surface area contributed by atoms with Crippen LogP contribution in [0.15, 0.2) is 58.1 Å². The van der Waals surface area contributed by atoms with Crippen LogP contribution in [0.3, 0.4) is 0 Å². The van der Waals surface area contributed by atoms with E-state index in [1.165, 1.54) is 16.8 Å². The van der Waals surface area contributed by atoms with Crippen molar-refractivity contribution in [3.05, 3.63) is 64.7 Å². The number of carbonyl (C=O) groups is 1. The summed E-state index contributed by atoms with van der Waals surface area (Å²) >= 11 is 1.32. The highest BCUT2D eigenvalue weighted by Crippen LogP contribution is 2.33. The molecule has 0 saturated carbocycles. The van der Waals surface area contributed by atoms with Crippen molar-refractivity contribution < 1.29 is 14.3 Å². The molecule has 2 aromatic carbocycles. The number of benzene rings is 2. The number of ether oxygens (including phenoxy) is 2. The van der Waals surface area contributed by atoms with Crippen molar-refractivity contribution in [3.63, 3.8) is 0 Å². The first kappa shape index (κ1) is 23.3. The molecule has 0 atom stereocenters. The number of amidine groups is 2. The average Bonchev–Trinajstić information content (AvgIpc) is 3.26. The van der Waals surface area contributed by atoms with E-state index in [0.717, 1.165) is 10.6 Å². The Hall–Kier alpha value is -3.90. The number of hydrogen-bond acceptors (Lipinski definition) is 7. The standard InChI is InChI=1S/C25H23N5O3S/c1-4-32-21-12-16(9-10-20(21)33-14-18-8-6-5-7-17(18)13-26)11-19-22(27)30-25(28-23(19)31)34-24(29-30)15(2)3/h5-12,15,27H,4,14H2,1-3H3/b19-11+,27-22?. The van der Waals surface area contributed by atoms with Crippen LogP contribution in [0, 0.1) is 22.7 Å². The molecule has 0 spiro atoms. The summed E-state index contributed by atoms with van der Waals surface area (Å²) in [4.78, 5) is 16.8. The van der Waals surface area contributed by atoms with Crippen molar-refractivity contribution in [3.8, 4) is 17.6 Å². The molecule has 0 bridgehead atoms. The van der Waals surface area contributed by atoms with E-state index in [1.807, 2.05) is 39.0 Å². The first-order chi connectivity index (χ1) is 16.4. The molecule has 0 fully saturated rings. The number of nitrogens with one attached hydrogen (secondary N) is 1. The van der Waals surface area contributed by atoms with Gasteiger partial charge in [0.05, 0.1) is 23.8 Å². The highest BCUT2D eigenvalue weighted by Gasteiger charge is 2.36. The van der Waals surface area contributed by atoms with Gasteiger partial charge in [-0.15, -0.1) is 0 Å². The van der Waals surface area contributed by atoms with Crippen molar-refractivity contribution in [2.45, 2.75) is 27.4 Å². The minimum atomic E-state index is -0.477. The average molecular weight is 474 g/mol. The Kier molecular flexibility index (Phi) is 6.80. The third-order valence-electron chi connectivity index (χ3n) is 5.06. The molecule has 2 aliphatic rings. The number of nitriles is 1. The molecule has 34 heavy (non-hydrogen) atoms. The molecule has 0 aliphatic carbocycles. The number of amides is 1. The lowest BCUT2D eigenvalue weighted by molar-refractivity contribution is -0.114. The van der Waals surface area contributed by atoms with E-state index in [4.69, 9.17) is 14.9 Å². The highest BCUT2D eigenvalue weighted by molar-refractivity contribution is 8.27. The molecule has 4 rings (SSSR count). The van der Waals surface area contributed by atoms with Crippen LogP contribution in [0.25, 0.3) is 6.08 Å². The lowest BCUT2D eigenvalue weighted by Crippen LogP contribution is -2.35. The van der Waals surface area contributed by atoms with Crippen LogP contribution >= 0.6 is 11.8 Å². The van der Waals surface area contributed by atoms with Crippen molar-refractivity contribution >= 4 is 39.8 Å². The van der Waals surface area contributed by atoms with Crippen LogP contribution in [0.5, 0.6) is 11.5 Å². The second-order valence-corrected chi connectivity index (χ2v) is 8.80. The van der Waals surface area contributed by atoms with Crippen molar-refractivity contribution in [1.82, 2.24) is 5.01 Å². The molecular weight excluding hydrogens is 450 g/mol. The summed E-state index contributed by atoms with van der Waals surface area (Å²) in [5.41, 5.74) is 2.15. The zero-order valence-corrected chi connectivity index (χ0v) is 19.8. The molecule has 2 aromatic rings. The van der Waals surface area contributed by atoms with E-state index in [2.05, 4.69) is 16.2 Å². The fourth-order valence-electron chi connectivity index (χ4n) is 3.32. The first-order valence-corrected chi connectivity index (χ1v) is 11.6. The van der Waals surface area contributed by atoms with E-state index >= 15 is 0 Å². The van der Waals surface area contributed by atoms with E-state index in [9.17, 15) is 10.1 Å². The van der Waals surface area contributed by atoms with Gasteiger partial charge in [-0.3, -0.25) is 10.2 Å². The van der Waals surface area contributed by atoms with Gasteiger partial charge in [0, 0.05) is 11.5 Å². The molecule has 0 radical (unpaired) electrons. The first-order valence-electron chi connectivity index (χ1n) is 10.8. The predicted octanol–water partition coefficient (Wildman–Crippen LogP) is 4.81. The Morgan fingerprint density at radius 1 is 1.21 bits per heavy atom.